The molecule has 0 aliphatic rings. The van der Waals surface area contributed by atoms with Gasteiger partial charge in [0.05, 0.1) is 7.11 Å². The first-order valence-corrected chi connectivity index (χ1v) is 6.28. The Morgan fingerprint density at radius 1 is 1.00 bits per heavy atom. The molecule has 0 bridgehead atoms. The van der Waals surface area contributed by atoms with Crippen molar-refractivity contribution in [2.45, 2.75) is 20.8 Å². The Labute approximate surface area is 114 Å². The van der Waals surface area contributed by atoms with Crippen LogP contribution in [0.3, 0.4) is 0 Å². The zero-order valence-corrected chi connectivity index (χ0v) is 11.8. The minimum Gasteiger partial charge on any atom is -0.496 e. The maximum Gasteiger partial charge on any atom is 0.150 e. The predicted molar refractivity (Wildman–Crippen MR) is 78.0 cm³/mol. The summed E-state index contributed by atoms with van der Waals surface area (Å²) in [5, 5.41) is 0. The lowest BCUT2D eigenvalue weighted by atomic mass is 9.93. The first kappa shape index (κ1) is 13.3. The van der Waals surface area contributed by atoms with Gasteiger partial charge in [-0.2, -0.15) is 0 Å². The predicted octanol–water partition coefficient (Wildman–Crippen LogP) is 4.10. The van der Waals surface area contributed by atoms with Crippen LogP contribution in [0.5, 0.6) is 5.75 Å². The molecule has 2 aromatic rings. The maximum absolute atomic E-state index is 10.8. The molecule has 0 amide bonds. The number of carbonyl (C=O) groups is 1. The van der Waals surface area contributed by atoms with Gasteiger partial charge in [0.15, 0.2) is 0 Å². The molecule has 2 heteroatoms. The van der Waals surface area contributed by atoms with Crippen molar-refractivity contribution in [3.63, 3.8) is 0 Å². The first-order valence-electron chi connectivity index (χ1n) is 6.28. The van der Waals surface area contributed by atoms with E-state index in [9.17, 15) is 4.79 Å². The van der Waals surface area contributed by atoms with Crippen LogP contribution in [-0.2, 0) is 0 Å². The van der Waals surface area contributed by atoms with Crippen LogP contribution in [0.15, 0.2) is 30.3 Å². The molecule has 0 spiro atoms. The highest BCUT2D eigenvalue weighted by molar-refractivity contribution is 5.81. The molecule has 0 heterocycles. The van der Waals surface area contributed by atoms with E-state index in [2.05, 4.69) is 19.9 Å². The zero-order chi connectivity index (χ0) is 14.0. The monoisotopic (exact) mass is 254 g/mol. The molecule has 0 saturated carbocycles. The van der Waals surface area contributed by atoms with Crippen LogP contribution in [0, 0.1) is 20.8 Å². The van der Waals surface area contributed by atoms with Crippen molar-refractivity contribution in [2.75, 3.05) is 7.11 Å². The summed E-state index contributed by atoms with van der Waals surface area (Å²) in [5.41, 5.74) is 6.35. The van der Waals surface area contributed by atoms with Gasteiger partial charge in [0.1, 0.15) is 12.0 Å². The minimum atomic E-state index is 0.699. The highest BCUT2D eigenvalue weighted by Gasteiger charge is 2.12. The van der Waals surface area contributed by atoms with E-state index < -0.39 is 0 Å². The smallest absolute Gasteiger partial charge is 0.150 e. The molecular weight excluding hydrogens is 236 g/mol. The molecule has 0 N–H and O–H groups in total. The topological polar surface area (TPSA) is 26.3 Å². The van der Waals surface area contributed by atoms with E-state index in [-0.39, 0.29) is 0 Å². The molecule has 2 nitrogen and oxygen atoms in total. The number of rotatable bonds is 3. The second kappa shape index (κ2) is 5.27. The zero-order valence-electron chi connectivity index (χ0n) is 11.8. The third kappa shape index (κ3) is 2.53. The summed E-state index contributed by atoms with van der Waals surface area (Å²) in [7, 11) is 1.69. The molecule has 0 aromatic heterocycles. The van der Waals surface area contributed by atoms with E-state index in [1.165, 1.54) is 11.1 Å². The Bertz CT molecular complexity index is 627. The maximum atomic E-state index is 10.8. The lowest BCUT2D eigenvalue weighted by Crippen LogP contribution is -1.95. The number of carbonyl (C=O) groups excluding carboxylic acids is 1. The van der Waals surface area contributed by atoms with Crippen molar-refractivity contribution >= 4 is 6.29 Å². The molecule has 0 fully saturated rings. The van der Waals surface area contributed by atoms with Crippen LogP contribution in [-0.4, -0.2) is 13.4 Å². The van der Waals surface area contributed by atoms with E-state index in [0.717, 1.165) is 28.7 Å². The van der Waals surface area contributed by atoms with Crippen molar-refractivity contribution in [2.24, 2.45) is 0 Å². The second-order valence-electron chi connectivity index (χ2n) is 4.85. The molecular formula is C17H18O2. The van der Waals surface area contributed by atoms with Gasteiger partial charge in [0.25, 0.3) is 0 Å². The highest BCUT2D eigenvalue weighted by Crippen LogP contribution is 2.36. The van der Waals surface area contributed by atoms with Crippen LogP contribution in [0.2, 0.25) is 0 Å². The SMILES string of the molecule is COc1cc(C)cc(C)c1-c1ccc(C=O)cc1C. The van der Waals surface area contributed by atoms with Gasteiger partial charge in [-0.15, -0.1) is 0 Å². The molecule has 0 saturated heterocycles. The van der Waals surface area contributed by atoms with Gasteiger partial charge in [-0.05, 0) is 55.2 Å². The summed E-state index contributed by atoms with van der Waals surface area (Å²) in [6.45, 7) is 6.15. The second-order valence-corrected chi connectivity index (χ2v) is 4.85. The number of methoxy groups -OCH3 is 1. The van der Waals surface area contributed by atoms with Crippen molar-refractivity contribution in [1.82, 2.24) is 0 Å². The van der Waals surface area contributed by atoms with Gasteiger partial charge in [-0.1, -0.05) is 18.2 Å². The summed E-state index contributed by atoms with van der Waals surface area (Å²) >= 11 is 0. The summed E-state index contributed by atoms with van der Waals surface area (Å²) in [6.07, 6.45) is 0.871. The first-order chi connectivity index (χ1) is 9.06. The van der Waals surface area contributed by atoms with Gasteiger partial charge >= 0.3 is 0 Å². The van der Waals surface area contributed by atoms with Crippen molar-refractivity contribution in [3.8, 4) is 16.9 Å². The molecule has 19 heavy (non-hydrogen) atoms. The minimum absolute atomic E-state index is 0.699. The fraction of sp³-hybridized carbons (Fsp3) is 0.235. The normalized spacial score (nSPS) is 10.3. The van der Waals surface area contributed by atoms with E-state index in [0.29, 0.717) is 5.56 Å². The van der Waals surface area contributed by atoms with E-state index in [1.54, 1.807) is 7.11 Å². The molecule has 2 rings (SSSR count). The molecule has 0 unspecified atom stereocenters. The lowest BCUT2D eigenvalue weighted by Gasteiger charge is -2.15. The van der Waals surface area contributed by atoms with Gasteiger partial charge < -0.3 is 4.74 Å². The molecule has 0 aliphatic carbocycles. The van der Waals surface area contributed by atoms with Crippen molar-refractivity contribution in [3.05, 3.63) is 52.6 Å². The molecule has 0 atom stereocenters. The van der Waals surface area contributed by atoms with Gasteiger partial charge in [0.2, 0.25) is 0 Å². The number of benzene rings is 2. The summed E-state index contributed by atoms with van der Waals surface area (Å²) in [4.78, 5) is 10.8. The fourth-order valence-electron chi connectivity index (χ4n) is 2.48. The third-order valence-corrected chi connectivity index (χ3v) is 3.32. The number of aryl methyl sites for hydroxylation is 3. The van der Waals surface area contributed by atoms with E-state index >= 15 is 0 Å². The summed E-state index contributed by atoms with van der Waals surface area (Å²) < 4.78 is 5.50. The van der Waals surface area contributed by atoms with E-state index in [4.69, 9.17) is 4.74 Å². The lowest BCUT2D eigenvalue weighted by molar-refractivity contribution is 0.112. The molecule has 2 aromatic carbocycles. The third-order valence-electron chi connectivity index (χ3n) is 3.32. The largest absolute Gasteiger partial charge is 0.496 e. The Balaban J connectivity index is 2.68. The molecule has 98 valence electrons. The average Bonchev–Trinajstić information content (AvgIpc) is 2.38. The number of hydrogen-bond acceptors (Lipinski definition) is 2. The highest BCUT2D eigenvalue weighted by atomic mass is 16.5. The molecule has 0 radical (unpaired) electrons. The van der Waals surface area contributed by atoms with Crippen LogP contribution in [0.4, 0.5) is 0 Å². The van der Waals surface area contributed by atoms with Crippen molar-refractivity contribution < 1.29 is 9.53 Å². The summed E-state index contributed by atoms with van der Waals surface area (Å²) in [6, 6.07) is 9.91. The Morgan fingerprint density at radius 3 is 2.32 bits per heavy atom. The average molecular weight is 254 g/mol. The quantitative estimate of drug-likeness (QED) is 0.771. The Morgan fingerprint density at radius 2 is 1.74 bits per heavy atom. The van der Waals surface area contributed by atoms with Crippen LogP contribution in [0.1, 0.15) is 27.0 Å². The fourth-order valence-corrected chi connectivity index (χ4v) is 2.48. The number of ether oxygens (including phenoxy) is 1. The van der Waals surface area contributed by atoms with Gasteiger partial charge in [-0.25, -0.2) is 0 Å². The van der Waals surface area contributed by atoms with E-state index in [1.807, 2.05) is 31.2 Å². The van der Waals surface area contributed by atoms with Gasteiger partial charge in [-0.3, -0.25) is 4.79 Å². The van der Waals surface area contributed by atoms with Crippen LogP contribution in [0.25, 0.3) is 11.1 Å². The van der Waals surface area contributed by atoms with Crippen molar-refractivity contribution in [1.29, 1.82) is 0 Å². The standard InChI is InChI=1S/C17H18O2/c1-11-7-13(3)17(16(8-11)19-4)15-6-5-14(10-18)9-12(15)2/h5-10H,1-4H3. The number of aldehydes is 1. The van der Waals surface area contributed by atoms with Gasteiger partial charge in [0, 0.05) is 11.1 Å². The van der Waals surface area contributed by atoms with Crippen LogP contribution >= 0.6 is 0 Å². The summed E-state index contributed by atoms with van der Waals surface area (Å²) in [5.74, 6) is 0.874. The molecule has 0 aliphatic heterocycles. The Kier molecular flexibility index (Phi) is 3.70. The Hall–Kier alpha value is -2.09. The number of hydrogen-bond donors (Lipinski definition) is 0. The van der Waals surface area contributed by atoms with Crippen LogP contribution < -0.4 is 4.74 Å².